The number of hydrogen-bond acceptors (Lipinski definition) is 2. The van der Waals surface area contributed by atoms with Crippen molar-refractivity contribution >= 4 is 43.2 Å². The fourth-order valence-electron chi connectivity index (χ4n) is 1.93. The van der Waals surface area contributed by atoms with Crippen molar-refractivity contribution in [3.05, 3.63) is 54.3 Å². The molecule has 0 aliphatic heterocycles. The quantitative estimate of drug-likeness (QED) is 0.714. The third-order valence-electron chi connectivity index (χ3n) is 2.84. The zero-order chi connectivity index (χ0) is 14.0. The third-order valence-corrected chi connectivity index (χ3v) is 5.73. The smallest absolute Gasteiger partial charge is 0.124 e. The van der Waals surface area contributed by atoms with Crippen LogP contribution in [0.3, 0.4) is 0 Å². The molecule has 19 heavy (non-hydrogen) atoms. The number of thiophene rings is 1. The fraction of sp³-hybridized carbons (Fsp3) is 0.286. The summed E-state index contributed by atoms with van der Waals surface area (Å²) in [7, 11) is 0. The standard InChI is InChI=1S/C14H14Br2FNS/c1-3-18-14(13-7-11(15)8(2)19-13)10-5-4-9(17)6-12(10)16/h4-7,14,18H,3H2,1-2H3. The highest BCUT2D eigenvalue weighted by Gasteiger charge is 2.19. The van der Waals surface area contributed by atoms with Crippen molar-refractivity contribution < 1.29 is 4.39 Å². The molecule has 2 aromatic rings. The van der Waals surface area contributed by atoms with Crippen LogP contribution in [-0.4, -0.2) is 6.54 Å². The van der Waals surface area contributed by atoms with E-state index in [0.717, 1.165) is 21.1 Å². The monoisotopic (exact) mass is 405 g/mol. The first-order valence-corrected chi connectivity index (χ1v) is 8.37. The summed E-state index contributed by atoms with van der Waals surface area (Å²) in [5, 5.41) is 3.45. The minimum atomic E-state index is -0.227. The van der Waals surface area contributed by atoms with E-state index in [1.807, 2.05) is 6.07 Å². The maximum absolute atomic E-state index is 13.2. The van der Waals surface area contributed by atoms with Crippen molar-refractivity contribution in [2.24, 2.45) is 0 Å². The normalized spacial score (nSPS) is 12.7. The molecule has 0 saturated carbocycles. The van der Waals surface area contributed by atoms with Crippen LogP contribution in [-0.2, 0) is 0 Å². The highest BCUT2D eigenvalue weighted by atomic mass is 79.9. The van der Waals surface area contributed by atoms with E-state index in [2.05, 4.69) is 57.1 Å². The van der Waals surface area contributed by atoms with Crippen LogP contribution in [0.2, 0.25) is 0 Å². The van der Waals surface area contributed by atoms with Crippen LogP contribution in [0.15, 0.2) is 33.2 Å². The number of benzene rings is 1. The van der Waals surface area contributed by atoms with Gasteiger partial charge in [0.1, 0.15) is 5.82 Å². The second-order valence-electron chi connectivity index (χ2n) is 4.21. The summed E-state index contributed by atoms with van der Waals surface area (Å²) in [4.78, 5) is 2.47. The lowest BCUT2D eigenvalue weighted by atomic mass is 10.1. The van der Waals surface area contributed by atoms with Gasteiger partial charge in [0.2, 0.25) is 0 Å². The lowest BCUT2D eigenvalue weighted by molar-refractivity contribution is 0.614. The minimum absolute atomic E-state index is 0.0787. The van der Waals surface area contributed by atoms with Crippen LogP contribution in [0.4, 0.5) is 4.39 Å². The molecular formula is C14H14Br2FNS. The van der Waals surface area contributed by atoms with Gasteiger partial charge in [0.15, 0.2) is 0 Å². The molecule has 2 rings (SSSR count). The topological polar surface area (TPSA) is 12.0 Å². The first-order valence-electron chi connectivity index (χ1n) is 5.97. The van der Waals surface area contributed by atoms with E-state index in [1.165, 1.54) is 21.9 Å². The molecule has 1 unspecified atom stereocenters. The highest BCUT2D eigenvalue weighted by Crippen LogP contribution is 2.36. The maximum Gasteiger partial charge on any atom is 0.124 e. The number of hydrogen-bond donors (Lipinski definition) is 1. The van der Waals surface area contributed by atoms with Crippen molar-refractivity contribution in [3.63, 3.8) is 0 Å². The molecule has 1 nitrogen and oxygen atoms in total. The molecule has 0 aliphatic carbocycles. The number of halogens is 3. The van der Waals surface area contributed by atoms with Crippen LogP contribution >= 0.6 is 43.2 Å². The molecule has 102 valence electrons. The molecular weight excluding hydrogens is 393 g/mol. The Hall–Kier alpha value is -0.230. The molecule has 1 aromatic carbocycles. The third kappa shape index (κ3) is 3.45. The van der Waals surface area contributed by atoms with Gasteiger partial charge in [-0.1, -0.05) is 28.9 Å². The van der Waals surface area contributed by atoms with Gasteiger partial charge in [-0.05, 0) is 53.2 Å². The van der Waals surface area contributed by atoms with E-state index >= 15 is 0 Å². The summed E-state index contributed by atoms with van der Waals surface area (Å²) >= 11 is 8.75. The number of aryl methyl sites for hydroxylation is 1. The SMILES string of the molecule is CCNC(c1cc(Br)c(C)s1)c1ccc(F)cc1Br. The Morgan fingerprint density at radius 2 is 2.00 bits per heavy atom. The average Bonchev–Trinajstić information content (AvgIpc) is 2.67. The molecule has 1 heterocycles. The van der Waals surface area contributed by atoms with E-state index in [0.29, 0.717) is 0 Å². The van der Waals surface area contributed by atoms with Crippen LogP contribution in [0, 0.1) is 12.7 Å². The van der Waals surface area contributed by atoms with Gasteiger partial charge in [0.25, 0.3) is 0 Å². The van der Waals surface area contributed by atoms with E-state index in [1.54, 1.807) is 11.3 Å². The van der Waals surface area contributed by atoms with Gasteiger partial charge >= 0.3 is 0 Å². The zero-order valence-electron chi connectivity index (χ0n) is 10.6. The Kier molecular flexibility index (Phi) is 5.17. The van der Waals surface area contributed by atoms with Gasteiger partial charge in [-0.15, -0.1) is 11.3 Å². The molecule has 0 radical (unpaired) electrons. The van der Waals surface area contributed by atoms with Crippen molar-refractivity contribution in [1.82, 2.24) is 5.32 Å². The predicted octanol–water partition coefficient (Wildman–Crippen LogP) is 5.42. The number of rotatable bonds is 4. The lowest BCUT2D eigenvalue weighted by Crippen LogP contribution is -2.21. The summed E-state index contributed by atoms with van der Waals surface area (Å²) in [6.45, 7) is 5.00. The molecule has 0 bridgehead atoms. The molecule has 0 aliphatic rings. The van der Waals surface area contributed by atoms with Gasteiger partial charge in [0.05, 0.1) is 6.04 Å². The molecule has 0 amide bonds. The van der Waals surface area contributed by atoms with Crippen LogP contribution in [0.5, 0.6) is 0 Å². The molecule has 1 aromatic heterocycles. The van der Waals surface area contributed by atoms with E-state index in [-0.39, 0.29) is 11.9 Å². The average molecular weight is 407 g/mol. The Labute approximate surface area is 133 Å². The molecule has 1 N–H and O–H groups in total. The lowest BCUT2D eigenvalue weighted by Gasteiger charge is -2.18. The van der Waals surface area contributed by atoms with Crippen molar-refractivity contribution in [1.29, 1.82) is 0 Å². The second-order valence-corrected chi connectivity index (χ2v) is 7.21. The van der Waals surface area contributed by atoms with E-state index in [9.17, 15) is 4.39 Å². The molecule has 1 atom stereocenters. The minimum Gasteiger partial charge on any atom is -0.306 e. The van der Waals surface area contributed by atoms with Crippen LogP contribution < -0.4 is 5.32 Å². The Bertz CT molecular complexity index is 563. The van der Waals surface area contributed by atoms with E-state index in [4.69, 9.17) is 0 Å². The Morgan fingerprint density at radius 3 is 2.53 bits per heavy atom. The van der Waals surface area contributed by atoms with Gasteiger partial charge in [-0.3, -0.25) is 0 Å². The van der Waals surface area contributed by atoms with Crippen molar-refractivity contribution in [2.45, 2.75) is 19.9 Å². The fourth-order valence-corrected chi connectivity index (χ4v) is 4.16. The summed E-state index contributed by atoms with van der Waals surface area (Å²) in [6.07, 6.45) is 0. The van der Waals surface area contributed by atoms with Gasteiger partial charge in [0, 0.05) is 18.7 Å². The second kappa shape index (κ2) is 6.48. The summed E-state index contributed by atoms with van der Waals surface area (Å²) in [5.74, 6) is -0.227. The first-order chi connectivity index (χ1) is 9.02. The Balaban J connectivity index is 2.44. The van der Waals surface area contributed by atoms with Crippen LogP contribution in [0.25, 0.3) is 0 Å². The Morgan fingerprint density at radius 1 is 1.26 bits per heavy atom. The summed E-state index contributed by atoms with van der Waals surface area (Å²) < 4.78 is 15.1. The largest absolute Gasteiger partial charge is 0.306 e. The number of nitrogens with one attached hydrogen (secondary N) is 1. The maximum atomic E-state index is 13.2. The summed E-state index contributed by atoms with van der Waals surface area (Å²) in [6, 6.07) is 7.04. The zero-order valence-corrected chi connectivity index (χ0v) is 14.6. The van der Waals surface area contributed by atoms with Gasteiger partial charge < -0.3 is 5.32 Å². The molecule has 0 spiro atoms. The predicted molar refractivity (Wildman–Crippen MR) is 86.4 cm³/mol. The molecule has 5 heteroatoms. The van der Waals surface area contributed by atoms with E-state index < -0.39 is 0 Å². The first kappa shape index (κ1) is 15.2. The molecule has 0 saturated heterocycles. The van der Waals surface area contributed by atoms with Crippen molar-refractivity contribution in [3.8, 4) is 0 Å². The highest BCUT2D eigenvalue weighted by molar-refractivity contribution is 9.10. The van der Waals surface area contributed by atoms with Crippen molar-refractivity contribution in [2.75, 3.05) is 6.54 Å². The van der Waals surface area contributed by atoms with Gasteiger partial charge in [-0.2, -0.15) is 0 Å². The van der Waals surface area contributed by atoms with Gasteiger partial charge in [-0.25, -0.2) is 4.39 Å². The molecule has 0 fully saturated rings. The summed E-state index contributed by atoms with van der Waals surface area (Å²) in [5.41, 5.74) is 1.05. The van der Waals surface area contributed by atoms with Crippen LogP contribution in [0.1, 0.15) is 28.3 Å².